The largest absolute Gasteiger partial charge is 0.493 e. The molecule has 0 saturated carbocycles. The molecule has 0 aromatic carbocycles. The van der Waals surface area contributed by atoms with E-state index in [9.17, 15) is 0 Å². The molecular weight excluding hydrogens is 248 g/mol. The first kappa shape index (κ1) is 15.7. The van der Waals surface area contributed by atoms with Crippen LogP contribution in [0.25, 0.3) is 0 Å². The highest BCUT2D eigenvalue weighted by atomic mass is 16.5. The second-order valence-corrected chi connectivity index (χ2v) is 4.04. The predicted octanol–water partition coefficient (Wildman–Crippen LogP) is 0.586. The molecule has 1 heterocycles. The third-order valence-corrected chi connectivity index (χ3v) is 2.77. The fraction of sp³-hybridized carbons (Fsp3) is 0.615. The molecular formula is C13H22N2O4. The first-order valence-electron chi connectivity index (χ1n) is 6.15. The van der Waals surface area contributed by atoms with Gasteiger partial charge >= 0.3 is 0 Å². The molecule has 1 aromatic heterocycles. The monoisotopic (exact) mass is 270 g/mol. The van der Waals surface area contributed by atoms with Crippen LogP contribution < -0.4 is 14.8 Å². The van der Waals surface area contributed by atoms with Gasteiger partial charge in [-0.1, -0.05) is 0 Å². The summed E-state index contributed by atoms with van der Waals surface area (Å²) in [4.78, 5) is 4.28. The normalized spacial score (nSPS) is 12.2. The van der Waals surface area contributed by atoms with Crippen LogP contribution in [0, 0.1) is 0 Å². The van der Waals surface area contributed by atoms with Crippen molar-refractivity contribution in [3.8, 4) is 11.5 Å². The first-order valence-corrected chi connectivity index (χ1v) is 6.15. The number of hydrogen-bond acceptors (Lipinski definition) is 6. The highest BCUT2D eigenvalue weighted by Crippen LogP contribution is 2.28. The van der Waals surface area contributed by atoms with Gasteiger partial charge in [0, 0.05) is 38.6 Å². The number of hydrogen-bond donors (Lipinski definition) is 2. The Morgan fingerprint density at radius 1 is 1.32 bits per heavy atom. The van der Waals surface area contributed by atoms with Crippen LogP contribution in [-0.2, 0) is 11.3 Å². The van der Waals surface area contributed by atoms with Crippen LogP contribution >= 0.6 is 0 Å². The minimum absolute atomic E-state index is 0.0766. The number of nitrogens with zero attached hydrogens (tertiary/aromatic N) is 1. The van der Waals surface area contributed by atoms with Gasteiger partial charge in [0.05, 0.1) is 26.5 Å². The van der Waals surface area contributed by atoms with Gasteiger partial charge in [-0.15, -0.1) is 0 Å². The first-order chi connectivity index (χ1) is 9.26. The lowest BCUT2D eigenvalue weighted by Gasteiger charge is -2.18. The van der Waals surface area contributed by atoms with E-state index in [1.165, 1.54) is 0 Å². The third-order valence-electron chi connectivity index (χ3n) is 2.77. The van der Waals surface area contributed by atoms with Crippen LogP contribution in [0.1, 0.15) is 12.1 Å². The minimum atomic E-state index is 0.0766. The van der Waals surface area contributed by atoms with Crippen molar-refractivity contribution >= 4 is 0 Å². The Morgan fingerprint density at radius 3 is 2.68 bits per heavy atom. The molecule has 0 radical (unpaired) electrons. The molecule has 2 N–H and O–H groups in total. The highest BCUT2D eigenvalue weighted by molar-refractivity contribution is 5.42. The number of rotatable bonds is 9. The molecule has 0 aliphatic rings. The van der Waals surface area contributed by atoms with Gasteiger partial charge in [-0.05, 0) is 6.42 Å². The SMILES string of the molecule is COCC(CCO)NCc1nccc(OC)c1OC. The zero-order valence-electron chi connectivity index (χ0n) is 11.7. The smallest absolute Gasteiger partial charge is 0.183 e. The van der Waals surface area contributed by atoms with Crippen molar-refractivity contribution in [1.29, 1.82) is 0 Å². The summed E-state index contributed by atoms with van der Waals surface area (Å²) in [6.07, 6.45) is 2.30. The van der Waals surface area contributed by atoms with Crippen LogP contribution in [-0.4, -0.2) is 50.7 Å². The van der Waals surface area contributed by atoms with E-state index < -0.39 is 0 Å². The average molecular weight is 270 g/mol. The van der Waals surface area contributed by atoms with E-state index in [4.69, 9.17) is 19.3 Å². The average Bonchev–Trinajstić information content (AvgIpc) is 2.44. The summed E-state index contributed by atoms with van der Waals surface area (Å²) >= 11 is 0. The molecule has 108 valence electrons. The van der Waals surface area contributed by atoms with Crippen LogP contribution in [0.4, 0.5) is 0 Å². The minimum Gasteiger partial charge on any atom is -0.493 e. The van der Waals surface area contributed by atoms with E-state index in [1.807, 2.05) is 0 Å². The lowest BCUT2D eigenvalue weighted by Crippen LogP contribution is -2.34. The lowest BCUT2D eigenvalue weighted by atomic mass is 10.2. The zero-order valence-corrected chi connectivity index (χ0v) is 11.7. The highest BCUT2D eigenvalue weighted by Gasteiger charge is 2.13. The molecule has 0 aliphatic heterocycles. The van der Waals surface area contributed by atoms with Gasteiger partial charge < -0.3 is 24.6 Å². The summed E-state index contributed by atoms with van der Waals surface area (Å²) in [5, 5.41) is 12.3. The van der Waals surface area contributed by atoms with Crippen molar-refractivity contribution < 1.29 is 19.3 Å². The summed E-state index contributed by atoms with van der Waals surface area (Å²) in [7, 11) is 4.81. The van der Waals surface area contributed by atoms with Gasteiger partial charge in [0.1, 0.15) is 0 Å². The molecule has 0 spiro atoms. The Balaban J connectivity index is 2.70. The predicted molar refractivity (Wildman–Crippen MR) is 71.5 cm³/mol. The topological polar surface area (TPSA) is 72.8 Å². The second kappa shape index (κ2) is 8.68. The Hall–Kier alpha value is -1.37. The van der Waals surface area contributed by atoms with Gasteiger partial charge in [-0.2, -0.15) is 0 Å². The molecule has 6 heteroatoms. The summed E-state index contributed by atoms with van der Waals surface area (Å²) < 4.78 is 15.6. The Morgan fingerprint density at radius 2 is 2.11 bits per heavy atom. The van der Waals surface area contributed by atoms with E-state index in [0.717, 1.165) is 5.69 Å². The zero-order chi connectivity index (χ0) is 14.1. The summed E-state index contributed by atoms with van der Waals surface area (Å²) in [5.41, 5.74) is 0.765. The molecule has 1 atom stereocenters. The molecule has 0 fully saturated rings. The van der Waals surface area contributed by atoms with Crippen molar-refractivity contribution in [3.05, 3.63) is 18.0 Å². The molecule has 1 unspecified atom stereocenters. The summed E-state index contributed by atoms with van der Waals surface area (Å²) in [5.74, 6) is 1.28. The van der Waals surface area contributed by atoms with Gasteiger partial charge in [-0.3, -0.25) is 4.98 Å². The number of aromatic nitrogens is 1. The quantitative estimate of drug-likeness (QED) is 0.684. The van der Waals surface area contributed by atoms with Crippen molar-refractivity contribution in [2.45, 2.75) is 19.0 Å². The fourth-order valence-corrected chi connectivity index (χ4v) is 1.82. The van der Waals surface area contributed by atoms with E-state index in [-0.39, 0.29) is 12.6 Å². The van der Waals surface area contributed by atoms with Gasteiger partial charge in [0.15, 0.2) is 11.5 Å². The van der Waals surface area contributed by atoms with Crippen molar-refractivity contribution in [3.63, 3.8) is 0 Å². The van der Waals surface area contributed by atoms with E-state index >= 15 is 0 Å². The maximum absolute atomic E-state index is 8.99. The van der Waals surface area contributed by atoms with Gasteiger partial charge in [-0.25, -0.2) is 0 Å². The number of methoxy groups -OCH3 is 3. The van der Waals surface area contributed by atoms with Crippen LogP contribution in [0.15, 0.2) is 12.3 Å². The summed E-state index contributed by atoms with van der Waals surface area (Å²) in [6.45, 7) is 1.17. The molecule has 1 aromatic rings. The standard InChI is InChI=1S/C13H22N2O4/c1-17-9-10(5-7-16)15-8-11-13(19-3)12(18-2)4-6-14-11/h4,6,10,15-16H,5,7-9H2,1-3H3. The van der Waals surface area contributed by atoms with Crippen LogP contribution in [0.2, 0.25) is 0 Å². The van der Waals surface area contributed by atoms with Gasteiger partial charge in [0.2, 0.25) is 0 Å². The van der Waals surface area contributed by atoms with E-state index in [0.29, 0.717) is 31.1 Å². The molecule has 0 amide bonds. The summed E-state index contributed by atoms with van der Waals surface area (Å²) in [6, 6.07) is 1.83. The number of pyridine rings is 1. The lowest BCUT2D eigenvalue weighted by molar-refractivity contribution is 0.147. The van der Waals surface area contributed by atoms with Crippen molar-refractivity contribution in [1.82, 2.24) is 10.3 Å². The molecule has 1 rings (SSSR count). The number of nitrogens with one attached hydrogen (secondary N) is 1. The Kier molecular flexibility index (Phi) is 7.17. The van der Waals surface area contributed by atoms with Crippen molar-refractivity contribution in [2.75, 3.05) is 34.5 Å². The van der Waals surface area contributed by atoms with E-state index in [2.05, 4.69) is 10.3 Å². The molecule has 6 nitrogen and oxygen atoms in total. The van der Waals surface area contributed by atoms with Crippen molar-refractivity contribution in [2.24, 2.45) is 0 Å². The van der Waals surface area contributed by atoms with E-state index in [1.54, 1.807) is 33.6 Å². The Labute approximate surface area is 113 Å². The third kappa shape index (κ3) is 4.66. The maximum Gasteiger partial charge on any atom is 0.183 e. The molecule has 0 aliphatic carbocycles. The van der Waals surface area contributed by atoms with Gasteiger partial charge in [0.25, 0.3) is 0 Å². The van der Waals surface area contributed by atoms with Crippen LogP contribution in [0.3, 0.4) is 0 Å². The fourth-order valence-electron chi connectivity index (χ4n) is 1.82. The Bertz CT molecular complexity index is 368. The maximum atomic E-state index is 8.99. The number of aliphatic hydroxyl groups is 1. The molecule has 0 bridgehead atoms. The van der Waals surface area contributed by atoms with Crippen LogP contribution in [0.5, 0.6) is 11.5 Å². The number of ether oxygens (including phenoxy) is 3. The molecule has 19 heavy (non-hydrogen) atoms. The number of aliphatic hydroxyl groups excluding tert-OH is 1. The second-order valence-electron chi connectivity index (χ2n) is 4.04. The molecule has 0 saturated heterocycles.